The molecule has 0 bridgehead atoms. The monoisotopic (exact) mass is 211 g/mol. The zero-order valence-electron chi connectivity index (χ0n) is 9.73. The van der Waals surface area contributed by atoms with Crippen molar-refractivity contribution in [2.24, 2.45) is 0 Å². The molecule has 0 saturated carbocycles. The van der Waals surface area contributed by atoms with Crippen LogP contribution in [0.4, 0.5) is 0 Å². The Morgan fingerprint density at radius 3 is 2.40 bits per heavy atom. The lowest BCUT2D eigenvalue weighted by molar-refractivity contribution is -0.639. The number of nitrogens with two attached hydrogens (primary N) is 1. The predicted octanol–water partition coefficient (Wildman–Crippen LogP) is 1.63. The number of nitrogen functional groups attached to an aromatic ring is 1. The molecule has 4 nitrogen and oxygen atoms in total. The summed E-state index contributed by atoms with van der Waals surface area (Å²) in [6, 6.07) is 0. The van der Waals surface area contributed by atoms with Gasteiger partial charge in [-0.15, -0.1) is 9.36 Å². The minimum Gasteiger partial charge on any atom is -0.289 e. The molecule has 0 aromatic carbocycles. The fraction of sp³-hybridized carbons (Fsp3) is 0.818. The van der Waals surface area contributed by atoms with Gasteiger partial charge in [-0.25, -0.2) is 0 Å². The number of rotatable bonds is 8. The van der Waals surface area contributed by atoms with Gasteiger partial charge in [-0.3, -0.25) is 5.84 Å². The Bertz CT molecular complexity index is 257. The Labute approximate surface area is 92.1 Å². The summed E-state index contributed by atoms with van der Waals surface area (Å²) in [4.78, 5) is 0. The van der Waals surface area contributed by atoms with Crippen molar-refractivity contribution in [2.45, 2.75) is 58.4 Å². The molecule has 1 rings (SSSR count). The Kier molecular flexibility index (Phi) is 5.81. The van der Waals surface area contributed by atoms with E-state index in [0.29, 0.717) is 0 Å². The maximum Gasteiger partial charge on any atom is 0.286 e. The van der Waals surface area contributed by atoms with Gasteiger partial charge in [0, 0.05) is 5.10 Å². The van der Waals surface area contributed by atoms with Crippen LogP contribution in [-0.2, 0) is 6.54 Å². The standard InChI is InChI=1S/C11H23N4/c1-2-3-4-5-6-7-8-9-15-11-14(12)10-13-15/h10-11H,2-9,12H2,1H3/q+1. The van der Waals surface area contributed by atoms with E-state index in [-0.39, 0.29) is 0 Å². The van der Waals surface area contributed by atoms with Crippen LogP contribution in [0.15, 0.2) is 12.7 Å². The third-order valence-corrected chi connectivity index (χ3v) is 2.59. The lowest BCUT2D eigenvalue weighted by Gasteiger charge is -1.98. The van der Waals surface area contributed by atoms with Crippen molar-refractivity contribution < 1.29 is 4.68 Å². The van der Waals surface area contributed by atoms with Gasteiger partial charge >= 0.3 is 0 Å². The average molecular weight is 211 g/mol. The minimum atomic E-state index is 0.984. The van der Waals surface area contributed by atoms with Crippen molar-refractivity contribution in [2.75, 3.05) is 5.84 Å². The average Bonchev–Trinajstić information content (AvgIpc) is 2.63. The topological polar surface area (TPSA) is 47.7 Å². The molecule has 0 saturated heterocycles. The SMILES string of the molecule is CCCCCCCCCn1c[n+](N)cn1. The van der Waals surface area contributed by atoms with Crippen LogP contribution in [0, 0.1) is 0 Å². The highest BCUT2D eigenvalue weighted by molar-refractivity contribution is 4.49. The van der Waals surface area contributed by atoms with E-state index in [2.05, 4.69) is 12.0 Å². The Morgan fingerprint density at radius 1 is 1.13 bits per heavy atom. The molecule has 86 valence electrons. The summed E-state index contributed by atoms with van der Waals surface area (Å²) < 4.78 is 3.38. The number of unbranched alkanes of at least 4 members (excludes halogenated alkanes) is 6. The Balaban J connectivity index is 1.93. The molecule has 1 aromatic heterocycles. The minimum absolute atomic E-state index is 0.984. The molecule has 4 heteroatoms. The molecule has 0 radical (unpaired) electrons. The lowest BCUT2D eigenvalue weighted by Crippen LogP contribution is -2.42. The fourth-order valence-corrected chi connectivity index (χ4v) is 1.69. The first-order valence-corrected chi connectivity index (χ1v) is 6.01. The van der Waals surface area contributed by atoms with E-state index < -0.39 is 0 Å². The summed E-state index contributed by atoms with van der Waals surface area (Å²) in [6.07, 6.45) is 12.8. The van der Waals surface area contributed by atoms with Crippen molar-refractivity contribution in [1.29, 1.82) is 0 Å². The van der Waals surface area contributed by atoms with Gasteiger partial charge in [0.05, 0.1) is 0 Å². The molecular formula is C11H23N4+. The first-order valence-electron chi connectivity index (χ1n) is 6.01. The summed E-state index contributed by atoms with van der Waals surface area (Å²) in [7, 11) is 0. The maximum absolute atomic E-state index is 5.50. The molecule has 1 heterocycles. The molecule has 15 heavy (non-hydrogen) atoms. The summed E-state index contributed by atoms with van der Waals surface area (Å²) in [5.74, 6) is 5.50. The number of aryl methyl sites for hydroxylation is 1. The van der Waals surface area contributed by atoms with Crippen molar-refractivity contribution in [3.05, 3.63) is 12.7 Å². The van der Waals surface area contributed by atoms with Crippen LogP contribution in [0.25, 0.3) is 0 Å². The molecule has 0 aliphatic heterocycles. The number of nitrogens with zero attached hydrogens (tertiary/aromatic N) is 3. The van der Waals surface area contributed by atoms with E-state index >= 15 is 0 Å². The predicted molar refractivity (Wildman–Crippen MR) is 60.6 cm³/mol. The number of hydrogen-bond acceptors (Lipinski definition) is 2. The molecule has 0 fully saturated rings. The zero-order chi connectivity index (χ0) is 10.9. The van der Waals surface area contributed by atoms with E-state index in [4.69, 9.17) is 5.84 Å². The summed E-state index contributed by atoms with van der Waals surface area (Å²) in [5.41, 5.74) is 0. The smallest absolute Gasteiger partial charge is 0.286 e. The normalized spacial score (nSPS) is 10.7. The fourth-order valence-electron chi connectivity index (χ4n) is 1.69. The van der Waals surface area contributed by atoms with Crippen LogP contribution < -0.4 is 10.5 Å². The van der Waals surface area contributed by atoms with Crippen LogP contribution >= 0.6 is 0 Å². The van der Waals surface area contributed by atoms with Crippen LogP contribution in [-0.4, -0.2) is 9.78 Å². The maximum atomic E-state index is 5.50. The van der Waals surface area contributed by atoms with Crippen molar-refractivity contribution in [3.63, 3.8) is 0 Å². The van der Waals surface area contributed by atoms with Crippen LogP contribution in [0.3, 0.4) is 0 Å². The second kappa shape index (κ2) is 7.26. The van der Waals surface area contributed by atoms with Gasteiger partial charge < -0.3 is 0 Å². The highest BCUT2D eigenvalue weighted by atomic mass is 15.4. The summed E-state index contributed by atoms with van der Waals surface area (Å²) >= 11 is 0. The van der Waals surface area contributed by atoms with Crippen molar-refractivity contribution >= 4 is 0 Å². The van der Waals surface area contributed by atoms with Gasteiger partial charge in [0.1, 0.15) is 6.54 Å². The number of aromatic nitrogens is 3. The van der Waals surface area contributed by atoms with Gasteiger partial charge in [0.25, 0.3) is 6.33 Å². The van der Waals surface area contributed by atoms with Gasteiger partial charge in [-0.1, -0.05) is 45.4 Å². The van der Waals surface area contributed by atoms with Gasteiger partial charge in [-0.05, 0) is 6.42 Å². The molecule has 0 atom stereocenters. The highest BCUT2D eigenvalue weighted by Gasteiger charge is 2.01. The third kappa shape index (κ3) is 5.40. The highest BCUT2D eigenvalue weighted by Crippen LogP contribution is 2.07. The van der Waals surface area contributed by atoms with E-state index in [9.17, 15) is 0 Å². The molecular weight excluding hydrogens is 188 g/mol. The second-order valence-electron chi connectivity index (χ2n) is 4.08. The number of hydrogen-bond donors (Lipinski definition) is 1. The van der Waals surface area contributed by atoms with Gasteiger partial charge in [-0.2, -0.15) is 0 Å². The van der Waals surface area contributed by atoms with E-state index in [0.717, 1.165) is 6.54 Å². The third-order valence-electron chi connectivity index (χ3n) is 2.59. The summed E-state index contributed by atoms with van der Waals surface area (Å²) in [5, 5.41) is 4.12. The van der Waals surface area contributed by atoms with E-state index in [1.54, 1.807) is 6.33 Å². The quantitative estimate of drug-likeness (QED) is 0.403. The second-order valence-corrected chi connectivity index (χ2v) is 4.08. The molecule has 0 amide bonds. The van der Waals surface area contributed by atoms with Gasteiger partial charge in [0.15, 0.2) is 0 Å². The van der Waals surface area contributed by atoms with Crippen molar-refractivity contribution in [3.8, 4) is 0 Å². The Hall–Kier alpha value is -1.06. The molecule has 0 unspecified atom stereocenters. The Morgan fingerprint density at radius 2 is 1.80 bits per heavy atom. The first-order chi connectivity index (χ1) is 7.33. The van der Waals surface area contributed by atoms with E-state index in [1.807, 2.05) is 11.0 Å². The van der Waals surface area contributed by atoms with E-state index in [1.165, 1.54) is 49.6 Å². The first kappa shape index (κ1) is 12.0. The van der Waals surface area contributed by atoms with Crippen LogP contribution in [0.1, 0.15) is 51.9 Å². The molecule has 1 aromatic rings. The largest absolute Gasteiger partial charge is 0.289 e. The molecule has 2 N–H and O–H groups in total. The zero-order valence-corrected chi connectivity index (χ0v) is 9.73. The van der Waals surface area contributed by atoms with Crippen LogP contribution in [0.5, 0.6) is 0 Å². The summed E-state index contributed by atoms with van der Waals surface area (Å²) in [6.45, 7) is 3.23. The molecule has 0 aliphatic carbocycles. The van der Waals surface area contributed by atoms with Crippen LogP contribution in [0.2, 0.25) is 0 Å². The molecule has 0 aliphatic rings. The van der Waals surface area contributed by atoms with Crippen molar-refractivity contribution in [1.82, 2.24) is 9.78 Å². The lowest BCUT2D eigenvalue weighted by atomic mass is 10.1. The molecule has 0 spiro atoms. The van der Waals surface area contributed by atoms with Gasteiger partial charge in [0.2, 0.25) is 6.33 Å².